The van der Waals surface area contributed by atoms with Crippen LogP contribution in [0.3, 0.4) is 0 Å². The fourth-order valence-corrected chi connectivity index (χ4v) is 0.823. The van der Waals surface area contributed by atoms with Gasteiger partial charge in [-0.05, 0) is 0 Å². The molecule has 0 unspecified atom stereocenters. The van der Waals surface area contributed by atoms with Crippen molar-refractivity contribution >= 4 is 56.1 Å². The summed E-state index contributed by atoms with van der Waals surface area (Å²) in [6.07, 6.45) is -2.78. The molecule has 2 atom stereocenters. The fraction of sp³-hybridized carbons (Fsp3) is 0.500. The van der Waals surface area contributed by atoms with Crippen LogP contribution in [0.4, 0.5) is 0 Å². The van der Waals surface area contributed by atoms with Crippen molar-refractivity contribution in [3.8, 4) is 0 Å². The fourth-order valence-electron chi connectivity index (χ4n) is 0.823. The summed E-state index contributed by atoms with van der Waals surface area (Å²) in [6.45, 7) is -0.671. The molecule has 80 valence electrons. The number of halogens is 1. The maximum absolute atomic E-state index is 10.5. The molecule has 0 aromatic rings. The number of cyclic esters (lactones) is 1. The second-order valence-electron chi connectivity index (χ2n) is 2.31. The van der Waals surface area contributed by atoms with Crippen LogP contribution in [0.15, 0.2) is 11.5 Å². The molecule has 0 spiro atoms. The number of carbonyl (C=O) groups excluding carboxylic acids is 1. The molecule has 6 nitrogen and oxygen atoms in total. The second kappa shape index (κ2) is 6.71. The first-order valence-corrected chi connectivity index (χ1v) is 3.20. The van der Waals surface area contributed by atoms with Crippen molar-refractivity contribution in [3.63, 3.8) is 0 Å². The average molecular weight is 255 g/mol. The van der Waals surface area contributed by atoms with E-state index < -0.39 is 36.3 Å². The molecule has 0 amide bonds. The first-order valence-electron chi connectivity index (χ1n) is 3.20. The molecule has 1 heterocycles. The van der Waals surface area contributed by atoms with Crippen LogP contribution in [-0.4, -0.2) is 82.9 Å². The number of ether oxygens (including phenoxy) is 1. The molecule has 1 aliphatic rings. The Labute approximate surface area is 116 Å². The van der Waals surface area contributed by atoms with Crippen molar-refractivity contribution < 1.29 is 30.0 Å². The van der Waals surface area contributed by atoms with Gasteiger partial charge >= 0.3 is 43.7 Å². The van der Waals surface area contributed by atoms with Crippen molar-refractivity contribution in [2.75, 3.05) is 6.61 Å². The van der Waals surface area contributed by atoms with Gasteiger partial charge in [0.05, 0.1) is 6.61 Å². The normalized spacial score (nSPS) is 22.1. The van der Waals surface area contributed by atoms with Crippen LogP contribution in [0.1, 0.15) is 0 Å². The number of hydrogen-bond donors (Lipinski definition) is 4. The van der Waals surface area contributed by atoms with E-state index in [9.17, 15) is 4.79 Å². The average Bonchev–Trinajstić information content (AvgIpc) is 2.32. The van der Waals surface area contributed by atoms with Gasteiger partial charge in [-0.3, -0.25) is 0 Å². The van der Waals surface area contributed by atoms with Gasteiger partial charge in [-0.15, -0.1) is 12.4 Å². The Bertz CT molecular complexity index is 242. The Morgan fingerprint density at radius 1 is 1.43 bits per heavy atom. The first-order chi connectivity index (χ1) is 5.57. The van der Waals surface area contributed by atoms with E-state index in [1.54, 1.807) is 0 Å². The summed E-state index contributed by atoms with van der Waals surface area (Å²) in [5.74, 6) is -2.78. The van der Waals surface area contributed by atoms with E-state index in [-0.39, 0.29) is 50.1 Å². The molecule has 4 N–H and O–H groups in total. The molecule has 0 saturated carbocycles. The number of aliphatic hydroxyl groups is 4. The maximum atomic E-state index is 10.5. The van der Waals surface area contributed by atoms with Crippen molar-refractivity contribution in [2.45, 2.75) is 12.2 Å². The Kier molecular flexibility index (Phi) is 8.00. The van der Waals surface area contributed by atoms with Crippen molar-refractivity contribution in [2.24, 2.45) is 0 Å². The molecule has 0 bridgehead atoms. The number of rotatable bonds is 2. The van der Waals surface area contributed by atoms with E-state index in [4.69, 9.17) is 20.4 Å². The van der Waals surface area contributed by atoms with Gasteiger partial charge in [-0.25, -0.2) is 4.79 Å². The van der Waals surface area contributed by atoms with Gasteiger partial charge in [0.15, 0.2) is 11.9 Å². The quantitative estimate of drug-likeness (QED) is 0.339. The summed E-state index contributed by atoms with van der Waals surface area (Å²) in [5.41, 5.74) is 0. The predicted octanol–water partition coefficient (Wildman–Crippen LogP) is -1.90. The standard InChI is InChI=1S/C6H8O6.Ca.ClH.2H/c7-1-2(8)5-3(9)4(10)6(11)12-5;;;;/h2,5,7-10H,1H2;;1H;;/t2-,5+;;;;/m0..../s1. The topological polar surface area (TPSA) is 107 Å². The zero-order valence-electron chi connectivity index (χ0n) is 6.38. The van der Waals surface area contributed by atoms with Crippen molar-refractivity contribution in [1.29, 1.82) is 0 Å². The molecule has 1 rings (SSSR count). The third-order valence-corrected chi connectivity index (χ3v) is 1.48. The van der Waals surface area contributed by atoms with Crippen LogP contribution in [0.5, 0.6) is 0 Å². The monoisotopic (exact) mass is 254 g/mol. The SMILES string of the molecule is Cl.O=C1O[C@H]([C@@H](O)CO)C(O)=C1O.[CaH2]. The number of esters is 1. The van der Waals surface area contributed by atoms with Gasteiger partial charge in [-0.2, -0.15) is 0 Å². The molecule has 14 heavy (non-hydrogen) atoms. The molecule has 0 aliphatic carbocycles. The Balaban J connectivity index is 0. The molecular formula is C6H11CaClO6. The number of hydrogen-bond acceptors (Lipinski definition) is 6. The molecular weight excluding hydrogens is 244 g/mol. The van der Waals surface area contributed by atoms with Gasteiger partial charge in [0.1, 0.15) is 6.10 Å². The molecule has 8 heteroatoms. The summed E-state index contributed by atoms with van der Waals surface area (Å²) in [7, 11) is 0. The molecule has 0 aromatic carbocycles. The van der Waals surface area contributed by atoms with Crippen LogP contribution in [0.2, 0.25) is 0 Å². The minimum absolute atomic E-state index is 0. The molecule has 0 aromatic heterocycles. The zero-order valence-corrected chi connectivity index (χ0v) is 7.19. The summed E-state index contributed by atoms with van der Waals surface area (Å²) in [6, 6.07) is 0. The van der Waals surface area contributed by atoms with Crippen LogP contribution < -0.4 is 0 Å². The van der Waals surface area contributed by atoms with Gasteiger partial charge in [-0.1, -0.05) is 0 Å². The van der Waals surface area contributed by atoms with Gasteiger partial charge in [0.25, 0.3) is 0 Å². The minimum atomic E-state index is -1.42. The van der Waals surface area contributed by atoms with E-state index in [0.717, 1.165) is 0 Å². The Hall–Kier alpha value is 0.280. The van der Waals surface area contributed by atoms with Crippen LogP contribution in [0.25, 0.3) is 0 Å². The molecule has 0 saturated heterocycles. The van der Waals surface area contributed by atoms with Crippen molar-refractivity contribution in [1.82, 2.24) is 0 Å². The molecule has 0 fully saturated rings. The molecule has 1 aliphatic heterocycles. The second-order valence-corrected chi connectivity index (χ2v) is 2.31. The van der Waals surface area contributed by atoms with E-state index >= 15 is 0 Å². The van der Waals surface area contributed by atoms with Gasteiger partial charge < -0.3 is 25.2 Å². The summed E-state index contributed by atoms with van der Waals surface area (Å²) < 4.78 is 4.32. The van der Waals surface area contributed by atoms with Crippen LogP contribution in [-0.2, 0) is 9.53 Å². The third-order valence-electron chi connectivity index (χ3n) is 1.48. The predicted molar refractivity (Wildman–Crippen MR) is 51.0 cm³/mol. The molecule has 0 radical (unpaired) electrons. The van der Waals surface area contributed by atoms with Crippen LogP contribution in [0, 0.1) is 0 Å². The van der Waals surface area contributed by atoms with Crippen molar-refractivity contribution in [3.05, 3.63) is 11.5 Å². The first kappa shape index (κ1) is 16.7. The summed E-state index contributed by atoms with van der Waals surface area (Å²) >= 11 is 0. The van der Waals surface area contributed by atoms with E-state index in [0.29, 0.717) is 0 Å². The van der Waals surface area contributed by atoms with E-state index in [1.807, 2.05) is 0 Å². The van der Waals surface area contributed by atoms with E-state index in [1.165, 1.54) is 0 Å². The third kappa shape index (κ3) is 3.15. The summed E-state index contributed by atoms with van der Waals surface area (Å²) in [4.78, 5) is 10.5. The Morgan fingerprint density at radius 3 is 2.21 bits per heavy atom. The van der Waals surface area contributed by atoms with E-state index in [2.05, 4.69) is 4.74 Å². The zero-order chi connectivity index (χ0) is 9.30. The van der Waals surface area contributed by atoms with Crippen LogP contribution >= 0.6 is 12.4 Å². The van der Waals surface area contributed by atoms with Gasteiger partial charge in [0, 0.05) is 0 Å². The Morgan fingerprint density at radius 2 is 1.93 bits per heavy atom. The van der Waals surface area contributed by atoms with Gasteiger partial charge in [0.2, 0.25) is 5.76 Å². The number of carbonyl (C=O) groups is 1. The summed E-state index contributed by atoms with van der Waals surface area (Å²) in [5, 5.41) is 35.0. The number of aliphatic hydroxyl groups excluding tert-OH is 4.